The van der Waals surface area contributed by atoms with Crippen molar-refractivity contribution < 1.29 is 34.0 Å². The lowest BCUT2D eigenvalue weighted by Crippen LogP contribution is -2.49. The number of nitrogens with one attached hydrogen (secondary N) is 1. The number of aliphatic carboxylic acids is 1. The van der Waals surface area contributed by atoms with E-state index in [2.05, 4.69) is 5.32 Å². The first-order chi connectivity index (χ1) is 15.5. The first-order valence-corrected chi connectivity index (χ1v) is 10.8. The summed E-state index contributed by atoms with van der Waals surface area (Å²) in [5.41, 5.74) is -0.800. The number of rotatable bonds is 8. The van der Waals surface area contributed by atoms with Crippen molar-refractivity contribution in [3.05, 3.63) is 59.7 Å². The predicted molar refractivity (Wildman–Crippen MR) is 121 cm³/mol. The maximum Gasteiger partial charge on any atom is 0.407 e. The smallest absolute Gasteiger partial charge is 0.407 e. The van der Waals surface area contributed by atoms with Gasteiger partial charge in [0, 0.05) is 0 Å². The minimum atomic E-state index is -1.44. The predicted octanol–water partition coefficient (Wildman–Crippen LogP) is 3.64. The average molecular weight is 458 g/mol. The van der Waals surface area contributed by atoms with E-state index in [0.29, 0.717) is 23.5 Å². The third kappa shape index (κ3) is 6.16. The number of ether oxygens (including phenoxy) is 3. The molecule has 2 aromatic carbocycles. The number of aliphatic hydroxyl groups is 1. The van der Waals surface area contributed by atoms with Crippen LogP contribution in [0.2, 0.25) is 0 Å². The molecule has 1 aliphatic heterocycles. The zero-order valence-electron chi connectivity index (χ0n) is 19.3. The molecule has 0 bridgehead atoms. The monoisotopic (exact) mass is 457 g/mol. The first-order valence-electron chi connectivity index (χ1n) is 10.8. The van der Waals surface area contributed by atoms with E-state index in [1.165, 1.54) is 0 Å². The minimum absolute atomic E-state index is 0.0736. The van der Waals surface area contributed by atoms with E-state index in [-0.39, 0.29) is 13.2 Å². The summed E-state index contributed by atoms with van der Waals surface area (Å²) in [5.74, 6) is -0.0982. The van der Waals surface area contributed by atoms with Crippen molar-refractivity contribution >= 4 is 12.1 Å². The van der Waals surface area contributed by atoms with Gasteiger partial charge in [-0.2, -0.15) is 0 Å². The van der Waals surface area contributed by atoms with Crippen LogP contribution in [0.15, 0.2) is 48.5 Å². The molecule has 3 N–H and O–H groups in total. The second-order valence-electron chi connectivity index (χ2n) is 9.42. The van der Waals surface area contributed by atoms with Crippen LogP contribution in [0, 0.1) is 0 Å². The van der Waals surface area contributed by atoms with Gasteiger partial charge in [-0.25, -0.2) is 4.79 Å². The third-order valence-electron chi connectivity index (χ3n) is 5.56. The molecule has 8 nitrogen and oxygen atoms in total. The Bertz CT molecular complexity index is 986. The van der Waals surface area contributed by atoms with Crippen molar-refractivity contribution in [1.82, 2.24) is 5.32 Å². The van der Waals surface area contributed by atoms with Gasteiger partial charge in [-0.3, -0.25) is 4.79 Å². The lowest BCUT2D eigenvalue weighted by atomic mass is 9.76. The molecule has 0 fully saturated rings. The number of aliphatic hydroxyl groups excluding tert-OH is 1. The number of alkyl carbamates (subject to hydrolysis) is 1. The second kappa shape index (κ2) is 9.70. The highest BCUT2D eigenvalue weighted by atomic mass is 16.7. The number of amides is 1. The van der Waals surface area contributed by atoms with Gasteiger partial charge in [0.05, 0.1) is 17.6 Å². The molecule has 178 valence electrons. The number of benzene rings is 2. The number of carbonyl (C=O) groups is 2. The van der Waals surface area contributed by atoms with E-state index < -0.39 is 35.2 Å². The molecule has 0 aliphatic carbocycles. The summed E-state index contributed by atoms with van der Waals surface area (Å²) in [7, 11) is 0. The highest BCUT2D eigenvalue weighted by Gasteiger charge is 2.40. The topological polar surface area (TPSA) is 114 Å². The van der Waals surface area contributed by atoms with Crippen LogP contribution >= 0.6 is 0 Å². The van der Waals surface area contributed by atoms with E-state index in [9.17, 15) is 19.8 Å². The summed E-state index contributed by atoms with van der Waals surface area (Å²) in [5, 5.41) is 24.0. The van der Waals surface area contributed by atoms with E-state index >= 15 is 0 Å². The number of carboxylic acid groups (broad SMARTS) is 1. The van der Waals surface area contributed by atoms with Crippen LogP contribution < -0.4 is 14.8 Å². The molecule has 3 atom stereocenters. The molecule has 0 radical (unpaired) electrons. The fraction of sp³-hybridized carbons (Fsp3) is 0.440. The number of carboxylic acids is 1. The highest BCUT2D eigenvalue weighted by Crippen LogP contribution is 2.39. The molecule has 0 saturated carbocycles. The van der Waals surface area contributed by atoms with Gasteiger partial charge < -0.3 is 29.7 Å². The Morgan fingerprint density at radius 1 is 1.06 bits per heavy atom. The Morgan fingerprint density at radius 2 is 1.73 bits per heavy atom. The lowest BCUT2D eigenvalue weighted by molar-refractivity contribution is -0.144. The maximum atomic E-state index is 12.5. The Kier molecular flexibility index (Phi) is 7.17. The van der Waals surface area contributed by atoms with Crippen LogP contribution in [0.3, 0.4) is 0 Å². The molecule has 8 heteroatoms. The van der Waals surface area contributed by atoms with Gasteiger partial charge in [0.25, 0.3) is 0 Å². The molecule has 2 aromatic rings. The first kappa shape index (κ1) is 24.4. The van der Waals surface area contributed by atoms with Gasteiger partial charge in [0.1, 0.15) is 5.60 Å². The average Bonchev–Trinajstić information content (AvgIpc) is 3.20. The summed E-state index contributed by atoms with van der Waals surface area (Å²) < 4.78 is 16.1. The van der Waals surface area contributed by atoms with Gasteiger partial charge in [-0.1, -0.05) is 36.4 Å². The van der Waals surface area contributed by atoms with E-state index in [0.717, 1.165) is 5.56 Å². The molecule has 0 saturated heterocycles. The summed E-state index contributed by atoms with van der Waals surface area (Å²) in [6, 6.07) is 13.5. The van der Waals surface area contributed by atoms with Crippen molar-refractivity contribution in [3.8, 4) is 11.5 Å². The summed E-state index contributed by atoms with van der Waals surface area (Å²) in [6.45, 7) is 6.86. The molecule has 1 amide bonds. The largest absolute Gasteiger partial charge is 0.481 e. The highest BCUT2D eigenvalue weighted by molar-refractivity contribution is 5.81. The van der Waals surface area contributed by atoms with Gasteiger partial charge in [0.2, 0.25) is 6.79 Å². The standard InChI is InChI=1S/C25H31NO7/c1-24(2,3)33-23(30)26-18(12-16-8-6-5-7-9-16)19(27)14-25(4,22(28)29)17-10-11-20-21(13-17)32-15-31-20/h5-11,13,18-19,27H,12,14-15H2,1-4H3,(H,26,30)(H,28,29)/t18-,19-,25+/m0/s1. The summed E-state index contributed by atoms with van der Waals surface area (Å²) in [4.78, 5) is 24.8. The minimum Gasteiger partial charge on any atom is -0.481 e. The molecule has 33 heavy (non-hydrogen) atoms. The Hall–Kier alpha value is -3.26. The van der Waals surface area contributed by atoms with Crippen LogP contribution in [-0.4, -0.2) is 46.8 Å². The molecule has 1 heterocycles. The number of fused-ring (bicyclic) bond motifs is 1. The van der Waals surface area contributed by atoms with Crippen LogP contribution in [0.5, 0.6) is 11.5 Å². The maximum absolute atomic E-state index is 12.5. The summed E-state index contributed by atoms with van der Waals surface area (Å²) in [6.07, 6.45) is -1.69. The van der Waals surface area contributed by atoms with Crippen LogP contribution in [0.25, 0.3) is 0 Å². The van der Waals surface area contributed by atoms with Crippen LogP contribution in [0.1, 0.15) is 45.2 Å². The van der Waals surface area contributed by atoms with Gasteiger partial charge in [-0.05, 0) is 63.8 Å². The number of carbonyl (C=O) groups excluding carboxylic acids is 1. The lowest BCUT2D eigenvalue weighted by Gasteiger charge is -2.32. The Balaban J connectivity index is 1.85. The Morgan fingerprint density at radius 3 is 2.36 bits per heavy atom. The van der Waals surface area contributed by atoms with Crippen molar-refractivity contribution in [2.45, 2.75) is 63.7 Å². The molecule has 3 rings (SSSR count). The van der Waals surface area contributed by atoms with Crippen molar-refractivity contribution in [1.29, 1.82) is 0 Å². The van der Waals surface area contributed by atoms with Crippen molar-refractivity contribution in [2.75, 3.05) is 6.79 Å². The van der Waals surface area contributed by atoms with E-state index in [1.807, 2.05) is 30.3 Å². The van der Waals surface area contributed by atoms with Crippen molar-refractivity contribution in [3.63, 3.8) is 0 Å². The third-order valence-corrected chi connectivity index (χ3v) is 5.56. The zero-order chi connectivity index (χ0) is 24.2. The number of hydrogen-bond acceptors (Lipinski definition) is 6. The van der Waals surface area contributed by atoms with E-state index in [4.69, 9.17) is 14.2 Å². The Labute approximate surface area is 193 Å². The van der Waals surface area contributed by atoms with Crippen molar-refractivity contribution in [2.24, 2.45) is 0 Å². The molecule has 0 unspecified atom stereocenters. The zero-order valence-corrected chi connectivity index (χ0v) is 19.3. The molecular weight excluding hydrogens is 426 g/mol. The molecule has 0 spiro atoms. The second-order valence-corrected chi connectivity index (χ2v) is 9.42. The quantitative estimate of drug-likeness (QED) is 0.554. The van der Waals surface area contributed by atoms with Gasteiger partial charge in [-0.15, -0.1) is 0 Å². The normalized spacial score (nSPS) is 16.4. The van der Waals surface area contributed by atoms with Crippen LogP contribution in [0.4, 0.5) is 4.79 Å². The fourth-order valence-electron chi connectivity index (χ4n) is 3.74. The van der Waals surface area contributed by atoms with Gasteiger partial charge in [0.15, 0.2) is 11.5 Å². The molecule has 0 aromatic heterocycles. The summed E-state index contributed by atoms with van der Waals surface area (Å²) >= 11 is 0. The van der Waals surface area contributed by atoms with Crippen LogP contribution in [-0.2, 0) is 21.4 Å². The molecular formula is C25H31NO7. The SMILES string of the molecule is CC(C)(C)OC(=O)N[C@@H](Cc1ccccc1)[C@@H](O)C[C@@](C)(C(=O)O)c1ccc2c(c1)OCO2. The molecule has 1 aliphatic rings. The number of hydrogen-bond donors (Lipinski definition) is 3. The fourth-order valence-corrected chi connectivity index (χ4v) is 3.74. The van der Waals surface area contributed by atoms with Gasteiger partial charge >= 0.3 is 12.1 Å². The van der Waals surface area contributed by atoms with E-state index in [1.54, 1.807) is 45.9 Å².